The molecule has 4 nitrogen and oxygen atoms in total. The average molecular weight is 345 g/mol. The molecule has 3 rings (SSSR count). The third-order valence-electron chi connectivity index (χ3n) is 4.36. The largest absolute Gasteiger partial charge is 0.383 e. The van der Waals surface area contributed by atoms with E-state index < -0.39 is 0 Å². The van der Waals surface area contributed by atoms with Crippen molar-refractivity contribution in [2.24, 2.45) is 0 Å². The van der Waals surface area contributed by atoms with Gasteiger partial charge in [0.15, 0.2) is 0 Å². The smallest absolute Gasteiger partial charge is 0.259 e. The van der Waals surface area contributed by atoms with Crippen LogP contribution in [0.1, 0.15) is 32.7 Å². The van der Waals surface area contributed by atoms with Gasteiger partial charge < -0.3 is 11.1 Å². The average Bonchev–Trinajstić information content (AvgIpc) is 2.61. The molecule has 0 bridgehead atoms. The van der Waals surface area contributed by atoms with Crippen LogP contribution >= 0.6 is 0 Å². The lowest BCUT2D eigenvalue weighted by Crippen LogP contribution is -2.17. The molecule has 0 aliphatic carbocycles. The van der Waals surface area contributed by atoms with Crippen molar-refractivity contribution < 1.29 is 4.79 Å². The number of amides is 1. The predicted octanol–water partition coefficient (Wildman–Crippen LogP) is 4.32. The van der Waals surface area contributed by atoms with Gasteiger partial charge in [-0.3, -0.25) is 4.79 Å². The van der Waals surface area contributed by atoms with E-state index >= 15 is 0 Å². The van der Waals surface area contributed by atoms with Gasteiger partial charge in [0.2, 0.25) is 0 Å². The molecule has 0 spiro atoms. The summed E-state index contributed by atoms with van der Waals surface area (Å²) in [5, 5.41) is 2.90. The van der Waals surface area contributed by atoms with E-state index in [1.165, 1.54) is 11.1 Å². The second kappa shape index (κ2) is 7.83. The molecule has 1 amide bonds. The molecule has 1 aromatic heterocycles. The lowest BCUT2D eigenvalue weighted by Gasteiger charge is -2.11. The molecule has 2 aromatic carbocycles. The topological polar surface area (TPSA) is 68.0 Å². The van der Waals surface area contributed by atoms with Gasteiger partial charge in [-0.2, -0.15) is 0 Å². The molecule has 0 atom stereocenters. The number of nitrogens with one attached hydrogen (secondary N) is 1. The Morgan fingerprint density at radius 3 is 2.19 bits per heavy atom. The van der Waals surface area contributed by atoms with Crippen molar-refractivity contribution in [1.29, 1.82) is 0 Å². The van der Waals surface area contributed by atoms with E-state index in [0.29, 0.717) is 5.56 Å². The fourth-order valence-corrected chi connectivity index (χ4v) is 3.04. The van der Waals surface area contributed by atoms with Crippen LogP contribution in [0.15, 0.2) is 60.7 Å². The number of aryl methyl sites for hydroxylation is 4. The fourth-order valence-electron chi connectivity index (χ4n) is 3.04. The number of anilines is 2. The maximum absolute atomic E-state index is 12.5. The Hall–Kier alpha value is -3.14. The molecule has 0 saturated heterocycles. The van der Waals surface area contributed by atoms with Gasteiger partial charge >= 0.3 is 0 Å². The first kappa shape index (κ1) is 17.7. The van der Waals surface area contributed by atoms with Gasteiger partial charge in [0.05, 0.1) is 5.56 Å². The van der Waals surface area contributed by atoms with Crippen molar-refractivity contribution in [2.45, 2.75) is 26.7 Å². The molecule has 26 heavy (non-hydrogen) atoms. The molecule has 1 heterocycles. The zero-order chi connectivity index (χ0) is 18.5. The van der Waals surface area contributed by atoms with E-state index in [1.54, 1.807) is 0 Å². The van der Waals surface area contributed by atoms with Crippen LogP contribution in [0.25, 0.3) is 0 Å². The van der Waals surface area contributed by atoms with Crippen molar-refractivity contribution in [1.82, 2.24) is 4.98 Å². The zero-order valence-electron chi connectivity index (χ0n) is 15.1. The predicted molar refractivity (Wildman–Crippen MR) is 106 cm³/mol. The van der Waals surface area contributed by atoms with Crippen LogP contribution < -0.4 is 11.1 Å². The number of nitrogens with zero attached hydrogens (tertiary/aromatic N) is 1. The summed E-state index contributed by atoms with van der Waals surface area (Å²) in [6.07, 6.45) is 1.96. The third kappa shape index (κ3) is 4.28. The van der Waals surface area contributed by atoms with Crippen LogP contribution in [0.4, 0.5) is 11.5 Å². The van der Waals surface area contributed by atoms with Crippen LogP contribution in [0, 0.1) is 13.8 Å². The zero-order valence-corrected chi connectivity index (χ0v) is 15.1. The monoisotopic (exact) mass is 345 g/mol. The highest BCUT2D eigenvalue weighted by atomic mass is 16.1. The maximum atomic E-state index is 12.5. The Bertz CT molecular complexity index is 879. The van der Waals surface area contributed by atoms with Crippen LogP contribution in [0.5, 0.6) is 0 Å². The molecule has 132 valence electrons. The highest BCUT2D eigenvalue weighted by Crippen LogP contribution is 2.19. The number of nitrogens with two attached hydrogens (primary N) is 1. The summed E-state index contributed by atoms with van der Waals surface area (Å²) in [7, 11) is 0. The van der Waals surface area contributed by atoms with Gasteiger partial charge in [-0.05, 0) is 61.6 Å². The lowest BCUT2D eigenvalue weighted by molar-refractivity contribution is 0.102. The van der Waals surface area contributed by atoms with Crippen molar-refractivity contribution in [3.8, 4) is 0 Å². The molecule has 0 aliphatic rings. The van der Waals surface area contributed by atoms with Crippen molar-refractivity contribution in [2.75, 3.05) is 11.1 Å². The Labute approximate surface area is 154 Å². The van der Waals surface area contributed by atoms with Crippen LogP contribution in [0.2, 0.25) is 0 Å². The molecule has 3 aromatic rings. The fraction of sp³-hybridized carbons (Fsp3) is 0.182. The summed E-state index contributed by atoms with van der Waals surface area (Å²) in [6, 6.07) is 20.2. The van der Waals surface area contributed by atoms with E-state index in [1.807, 2.05) is 50.2 Å². The molecular weight excluding hydrogens is 322 g/mol. The molecule has 0 unspecified atom stereocenters. The number of aromatic nitrogens is 1. The van der Waals surface area contributed by atoms with E-state index in [0.717, 1.165) is 29.8 Å². The van der Waals surface area contributed by atoms with Gasteiger partial charge in [-0.15, -0.1) is 0 Å². The first-order valence-electron chi connectivity index (χ1n) is 8.71. The normalized spacial score (nSPS) is 10.5. The minimum absolute atomic E-state index is 0.232. The number of nitrogen functional groups attached to an aromatic ring is 1. The van der Waals surface area contributed by atoms with Gasteiger partial charge in [-0.25, -0.2) is 4.98 Å². The van der Waals surface area contributed by atoms with Gasteiger partial charge in [0.25, 0.3) is 5.91 Å². The van der Waals surface area contributed by atoms with Crippen LogP contribution in [0.3, 0.4) is 0 Å². The summed E-state index contributed by atoms with van der Waals surface area (Å²) in [6.45, 7) is 3.73. The van der Waals surface area contributed by atoms with Gasteiger partial charge in [0, 0.05) is 11.4 Å². The number of carbonyl (C=O) groups excluding carboxylic acids is 1. The summed E-state index contributed by atoms with van der Waals surface area (Å²) < 4.78 is 0. The number of pyridine rings is 1. The highest BCUT2D eigenvalue weighted by Gasteiger charge is 2.15. The Morgan fingerprint density at radius 1 is 0.962 bits per heavy atom. The number of rotatable bonds is 5. The van der Waals surface area contributed by atoms with Gasteiger partial charge in [0.1, 0.15) is 5.82 Å². The van der Waals surface area contributed by atoms with Crippen LogP contribution in [-0.2, 0) is 12.8 Å². The van der Waals surface area contributed by atoms with Crippen molar-refractivity contribution in [3.63, 3.8) is 0 Å². The van der Waals surface area contributed by atoms with E-state index in [4.69, 9.17) is 5.73 Å². The molecule has 0 aliphatic heterocycles. The Balaban J connectivity index is 1.65. The number of carbonyl (C=O) groups is 1. The first-order chi connectivity index (χ1) is 12.5. The first-order valence-corrected chi connectivity index (χ1v) is 8.71. The SMILES string of the molecule is Cc1cc(C)c(C(=O)Nc2ccc(CCc3ccccc3)cc2)c(N)n1. The highest BCUT2D eigenvalue weighted by molar-refractivity contribution is 6.08. The standard InChI is InChI=1S/C22H23N3O/c1-15-14-16(2)24-21(23)20(15)22(26)25-19-12-10-18(11-13-19)9-8-17-6-4-3-5-7-17/h3-7,10-14H,8-9H2,1-2H3,(H2,23,24)(H,25,26). The van der Waals surface area contributed by atoms with Crippen LogP contribution in [-0.4, -0.2) is 10.9 Å². The minimum atomic E-state index is -0.232. The van der Waals surface area contributed by atoms with Crippen molar-refractivity contribution >= 4 is 17.4 Å². The molecular formula is C22H23N3O. The summed E-state index contributed by atoms with van der Waals surface area (Å²) in [5.41, 5.74) is 11.3. The quantitative estimate of drug-likeness (QED) is 0.724. The summed E-state index contributed by atoms with van der Waals surface area (Å²) >= 11 is 0. The minimum Gasteiger partial charge on any atom is -0.383 e. The van der Waals surface area contributed by atoms with E-state index in [-0.39, 0.29) is 11.7 Å². The molecule has 0 fully saturated rings. The van der Waals surface area contributed by atoms with Crippen molar-refractivity contribution in [3.05, 3.63) is 88.6 Å². The lowest BCUT2D eigenvalue weighted by atomic mass is 10.0. The molecule has 0 radical (unpaired) electrons. The van der Waals surface area contributed by atoms with E-state index in [9.17, 15) is 4.79 Å². The maximum Gasteiger partial charge on any atom is 0.259 e. The second-order valence-electron chi connectivity index (χ2n) is 6.48. The van der Waals surface area contributed by atoms with Gasteiger partial charge in [-0.1, -0.05) is 42.5 Å². The second-order valence-corrected chi connectivity index (χ2v) is 6.48. The van der Waals surface area contributed by atoms with E-state index in [2.05, 4.69) is 34.6 Å². The third-order valence-corrected chi connectivity index (χ3v) is 4.36. The number of hydrogen-bond donors (Lipinski definition) is 2. The number of benzene rings is 2. The molecule has 4 heteroatoms. The summed E-state index contributed by atoms with van der Waals surface area (Å²) in [4.78, 5) is 16.7. The molecule has 3 N–H and O–H groups in total. The summed E-state index contributed by atoms with van der Waals surface area (Å²) in [5.74, 6) is 0.0315. The molecule has 0 saturated carbocycles. The number of hydrogen-bond acceptors (Lipinski definition) is 3. The Kier molecular flexibility index (Phi) is 5.32. The Morgan fingerprint density at radius 2 is 1.58 bits per heavy atom.